The summed E-state index contributed by atoms with van der Waals surface area (Å²) in [5.74, 6) is 2.29. The van der Waals surface area contributed by atoms with Crippen molar-refractivity contribution in [2.45, 2.75) is 58.7 Å². The van der Waals surface area contributed by atoms with Crippen molar-refractivity contribution in [2.75, 3.05) is 20.3 Å². The molecule has 0 unspecified atom stereocenters. The SMILES string of the molecule is COc1cc([C@H](C)N[C@H](C)C2CCOCC2)ccc1OC(C)C. The molecule has 2 atom stereocenters. The lowest BCUT2D eigenvalue weighted by Gasteiger charge is -2.31. The molecule has 1 aromatic rings. The van der Waals surface area contributed by atoms with Crippen LogP contribution in [0.4, 0.5) is 0 Å². The van der Waals surface area contributed by atoms with Crippen molar-refractivity contribution >= 4 is 0 Å². The lowest BCUT2D eigenvalue weighted by molar-refractivity contribution is 0.0547. The van der Waals surface area contributed by atoms with E-state index in [1.807, 2.05) is 19.9 Å². The van der Waals surface area contributed by atoms with Crippen LogP contribution < -0.4 is 14.8 Å². The first-order chi connectivity index (χ1) is 11.0. The molecule has 0 spiro atoms. The molecule has 0 aromatic heterocycles. The Bertz CT molecular complexity index is 484. The fourth-order valence-electron chi connectivity index (χ4n) is 3.15. The lowest BCUT2D eigenvalue weighted by atomic mass is 9.92. The normalized spacial score (nSPS) is 18.7. The third-order valence-corrected chi connectivity index (χ3v) is 4.54. The van der Waals surface area contributed by atoms with E-state index in [2.05, 4.69) is 31.3 Å². The maximum absolute atomic E-state index is 5.79. The highest BCUT2D eigenvalue weighted by Gasteiger charge is 2.22. The Kier molecular flexibility index (Phi) is 6.72. The second-order valence-corrected chi connectivity index (χ2v) is 6.70. The van der Waals surface area contributed by atoms with Crippen LogP contribution in [0.25, 0.3) is 0 Å². The van der Waals surface area contributed by atoms with Crippen molar-refractivity contribution in [1.29, 1.82) is 0 Å². The summed E-state index contributed by atoms with van der Waals surface area (Å²) in [5.41, 5.74) is 1.22. The summed E-state index contributed by atoms with van der Waals surface area (Å²) in [5, 5.41) is 3.73. The first-order valence-electron chi connectivity index (χ1n) is 8.69. The minimum absolute atomic E-state index is 0.138. The summed E-state index contributed by atoms with van der Waals surface area (Å²) in [7, 11) is 1.69. The van der Waals surface area contributed by atoms with Crippen molar-refractivity contribution in [3.8, 4) is 11.5 Å². The topological polar surface area (TPSA) is 39.7 Å². The standard InChI is InChI=1S/C19H31NO3/c1-13(2)23-18-7-6-17(12-19(18)21-5)15(4)20-14(3)16-8-10-22-11-9-16/h6-7,12-16,20H,8-11H2,1-5H3/t14-,15+/m1/s1. The zero-order chi connectivity index (χ0) is 16.8. The van der Waals surface area contributed by atoms with Crippen LogP contribution in [-0.4, -0.2) is 32.5 Å². The molecule has 0 radical (unpaired) electrons. The average Bonchev–Trinajstić information content (AvgIpc) is 2.55. The summed E-state index contributed by atoms with van der Waals surface area (Å²) >= 11 is 0. The monoisotopic (exact) mass is 321 g/mol. The van der Waals surface area contributed by atoms with Crippen molar-refractivity contribution < 1.29 is 14.2 Å². The Labute approximate surface area is 140 Å². The van der Waals surface area contributed by atoms with Gasteiger partial charge in [-0.1, -0.05) is 6.07 Å². The van der Waals surface area contributed by atoms with E-state index in [4.69, 9.17) is 14.2 Å². The summed E-state index contributed by atoms with van der Waals surface area (Å²) in [6.07, 6.45) is 2.43. The van der Waals surface area contributed by atoms with Gasteiger partial charge < -0.3 is 19.5 Å². The Morgan fingerprint density at radius 1 is 1.09 bits per heavy atom. The fourth-order valence-corrected chi connectivity index (χ4v) is 3.15. The van der Waals surface area contributed by atoms with E-state index in [0.29, 0.717) is 12.0 Å². The summed E-state index contributed by atoms with van der Waals surface area (Å²) in [6, 6.07) is 6.95. The second kappa shape index (κ2) is 8.55. The zero-order valence-electron chi connectivity index (χ0n) is 15.1. The van der Waals surface area contributed by atoms with Crippen LogP contribution in [0.5, 0.6) is 11.5 Å². The van der Waals surface area contributed by atoms with Gasteiger partial charge in [0, 0.05) is 25.3 Å². The molecule has 2 rings (SSSR count). The first kappa shape index (κ1) is 18.1. The molecule has 0 saturated carbocycles. The van der Waals surface area contributed by atoms with Crippen molar-refractivity contribution in [2.24, 2.45) is 5.92 Å². The molecule has 4 nitrogen and oxygen atoms in total. The molecule has 4 heteroatoms. The van der Waals surface area contributed by atoms with Gasteiger partial charge >= 0.3 is 0 Å². The van der Waals surface area contributed by atoms with E-state index in [0.717, 1.165) is 37.6 Å². The number of ether oxygens (including phenoxy) is 3. The molecule has 1 saturated heterocycles. The number of methoxy groups -OCH3 is 1. The van der Waals surface area contributed by atoms with Gasteiger partial charge in [-0.2, -0.15) is 0 Å². The van der Waals surface area contributed by atoms with E-state index in [1.54, 1.807) is 7.11 Å². The van der Waals surface area contributed by atoms with Gasteiger partial charge in [-0.15, -0.1) is 0 Å². The van der Waals surface area contributed by atoms with E-state index >= 15 is 0 Å². The molecule has 1 fully saturated rings. The van der Waals surface area contributed by atoms with Crippen LogP contribution in [0, 0.1) is 5.92 Å². The van der Waals surface area contributed by atoms with Gasteiger partial charge in [0.25, 0.3) is 0 Å². The van der Waals surface area contributed by atoms with Crippen molar-refractivity contribution in [1.82, 2.24) is 5.32 Å². The Balaban J connectivity index is 2.02. The van der Waals surface area contributed by atoms with Crippen LogP contribution in [0.1, 0.15) is 52.1 Å². The van der Waals surface area contributed by atoms with Gasteiger partial charge in [-0.05, 0) is 64.2 Å². The number of rotatable bonds is 7. The van der Waals surface area contributed by atoms with Crippen LogP contribution in [0.2, 0.25) is 0 Å². The number of hydrogen-bond acceptors (Lipinski definition) is 4. The molecule has 0 aliphatic carbocycles. The molecule has 0 bridgehead atoms. The van der Waals surface area contributed by atoms with Gasteiger partial charge in [0.2, 0.25) is 0 Å². The molecule has 1 N–H and O–H groups in total. The van der Waals surface area contributed by atoms with E-state index in [-0.39, 0.29) is 12.1 Å². The largest absolute Gasteiger partial charge is 0.493 e. The van der Waals surface area contributed by atoms with E-state index < -0.39 is 0 Å². The molecule has 23 heavy (non-hydrogen) atoms. The Morgan fingerprint density at radius 2 is 1.78 bits per heavy atom. The van der Waals surface area contributed by atoms with Gasteiger partial charge in [0.05, 0.1) is 13.2 Å². The minimum Gasteiger partial charge on any atom is -0.493 e. The third kappa shape index (κ3) is 5.11. The number of hydrogen-bond donors (Lipinski definition) is 1. The Hall–Kier alpha value is -1.26. The molecule has 1 aliphatic heterocycles. The second-order valence-electron chi connectivity index (χ2n) is 6.70. The fraction of sp³-hybridized carbons (Fsp3) is 0.684. The lowest BCUT2D eigenvalue weighted by Crippen LogP contribution is -2.38. The quantitative estimate of drug-likeness (QED) is 0.825. The van der Waals surface area contributed by atoms with Gasteiger partial charge in [-0.3, -0.25) is 0 Å². The predicted octanol–water partition coefficient (Wildman–Crippen LogP) is 3.95. The smallest absolute Gasteiger partial charge is 0.161 e. The molecular weight excluding hydrogens is 290 g/mol. The molecule has 1 aliphatic rings. The zero-order valence-corrected chi connectivity index (χ0v) is 15.1. The van der Waals surface area contributed by atoms with Crippen molar-refractivity contribution in [3.05, 3.63) is 23.8 Å². The molecule has 1 aromatic carbocycles. The summed E-state index contributed by atoms with van der Waals surface area (Å²) in [4.78, 5) is 0. The highest BCUT2D eigenvalue weighted by molar-refractivity contribution is 5.43. The third-order valence-electron chi connectivity index (χ3n) is 4.54. The summed E-state index contributed by atoms with van der Waals surface area (Å²) < 4.78 is 16.7. The molecular formula is C19H31NO3. The van der Waals surface area contributed by atoms with E-state index in [1.165, 1.54) is 5.56 Å². The molecule has 0 amide bonds. The van der Waals surface area contributed by atoms with Crippen LogP contribution in [-0.2, 0) is 4.74 Å². The number of benzene rings is 1. The highest BCUT2D eigenvalue weighted by Crippen LogP contribution is 2.31. The first-order valence-corrected chi connectivity index (χ1v) is 8.69. The van der Waals surface area contributed by atoms with Gasteiger partial charge in [0.15, 0.2) is 11.5 Å². The maximum atomic E-state index is 5.79. The number of nitrogens with one attached hydrogen (secondary N) is 1. The average molecular weight is 321 g/mol. The van der Waals surface area contributed by atoms with Crippen LogP contribution in [0.3, 0.4) is 0 Å². The highest BCUT2D eigenvalue weighted by atomic mass is 16.5. The molecule has 1 heterocycles. The van der Waals surface area contributed by atoms with E-state index in [9.17, 15) is 0 Å². The predicted molar refractivity (Wildman–Crippen MR) is 93.3 cm³/mol. The van der Waals surface area contributed by atoms with Crippen molar-refractivity contribution in [3.63, 3.8) is 0 Å². The summed E-state index contributed by atoms with van der Waals surface area (Å²) in [6.45, 7) is 10.3. The molecule has 130 valence electrons. The van der Waals surface area contributed by atoms with Gasteiger partial charge in [-0.25, -0.2) is 0 Å². The van der Waals surface area contributed by atoms with Crippen LogP contribution >= 0.6 is 0 Å². The van der Waals surface area contributed by atoms with Gasteiger partial charge in [0.1, 0.15) is 0 Å². The maximum Gasteiger partial charge on any atom is 0.161 e. The Morgan fingerprint density at radius 3 is 2.39 bits per heavy atom. The minimum atomic E-state index is 0.138. The van der Waals surface area contributed by atoms with Crippen LogP contribution in [0.15, 0.2) is 18.2 Å².